The minimum atomic E-state index is -0.752. The summed E-state index contributed by atoms with van der Waals surface area (Å²) < 4.78 is 22.4. The van der Waals surface area contributed by atoms with Crippen LogP contribution in [0.5, 0.6) is 5.75 Å². The third-order valence-corrected chi connectivity index (χ3v) is 7.79. The SMILES string of the molecule is COC(=O)c1cc(C)c(-c2cccc(OCc3ccc(C(OC=O)c4ccccc4)c(C(OC=O)c4ccccc4)c3)c2)c(C)c1. The Kier molecular flexibility index (Phi) is 10.2. The third-order valence-electron chi connectivity index (χ3n) is 7.79. The smallest absolute Gasteiger partial charge is 0.337 e. The highest BCUT2D eigenvalue weighted by atomic mass is 16.5. The number of hydrogen-bond acceptors (Lipinski definition) is 7. The molecule has 7 heteroatoms. The van der Waals surface area contributed by atoms with Crippen molar-refractivity contribution in [3.63, 3.8) is 0 Å². The standard InChI is InChI=1S/C39H34O7/c1-26-19-32(39(42)43-3)20-27(2)36(26)31-15-10-16-33(22-31)44-23-28-17-18-34(37(45-24-40)29-11-6-4-7-12-29)35(21-28)38(46-25-41)30-13-8-5-9-14-30/h4-22,24-25,37-38H,23H2,1-3H3. The molecule has 0 bridgehead atoms. The van der Waals surface area contributed by atoms with E-state index in [1.807, 2.05) is 129 Å². The van der Waals surface area contributed by atoms with Crippen molar-refractivity contribution < 1.29 is 33.3 Å². The van der Waals surface area contributed by atoms with Crippen molar-refractivity contribution in [1.82, 2.24) is 0 Å². The normalized spacial score (nSPS) is 12.0. The molecule has 0 N–H and O–H groups in total. The van der Waals surface area contributed by atoms with E-state index in [0.717, 1.165) is 38.9 Å². The van der Waals surface area contributed by atoms with Crippen molar-refractivity contribution in [1.29, 1.82) is 0 Å². The highest BCUT2D eigenvalue weighted by Crippen LogP contribution is 2.37. The van der Waals surface area contributed by atoms with E-state index in [9.17, 15) is 14.4 Å². The molecule has 0 radical (unpaired) electrons. The lowest BCUT2D eigenvalue weighted by Gasteiger charge is -2.25. The fraction of sp³-hybridized carbons (Fsp3) is 0.154. The summed E-state index contributed by atoms with van der Waals surface area (Å²) in [5.41, 5.74) is 8.10. The fourth-order valence-electron chi connectivity index (χ4n) is 5.77. The van der Waals surface area contributed by atoms with Gasteiger partial charge in [-0.25, -0.2) is 4.79 Å². The van der Waals surface area contributed by atoms with E-state index in [1.54, 1.807) is 0 Å². The third kappa shape index (κ3) is 7.16. The van der Waals surface area contributed by atoms with Gasteiger partial charge in [-0.15, -0.1) is 0 Å². The minimum absolute atomic E-state index is 0.225. The number of ether oxygens (including phenoxy) is 4. The first-order valence-electron chi connectivity index (χ1n) is 14.8. The summed E-state index contributed by atoms with van der Waals surface area (Å²) in [6.45, 7) is 5.01. The van der Waals surface area contributed by atoms with E-state index in [0.29, 0.717) is 35.4 Å². The summed E-state index contributed by atoms with van der Waals surface area (Å²) in [7, 11) is 1.37. The summed E-state index contributed by atoms with van der Waals surface area (Å²) in [6, 6.07) is 36.0. The summed E-state index contributed by atoms with van der Waals surface area (Å²) in [5, 5.41) is 0. The van der Waals surface area contributed by atoms with Gasteiger partial charge >= 0.3 is 5.97 Å². The second-order valence-corrected chi connectivity index (χ2v) is 10.8. The Hall–Kier alpha value is -5.69. The predicted octanol–water partition coefficient (Wildman–Crippen LogP) is 7.86. The molecule has 0 aliphatic rings. The van der Waals surface area contributed by atoms with Crippen LogP contribution in [-0.4, -0.2) is 26.0 Å². The fourth-order valence-corrected chi connectivity index (χ4v) is 5.77. The molecule has 5 rings (SSSR count). The second-order valence-electron chi connectivity index (χ2n) is 10.8. The van der Waals surface area contributed by atoms with Crippen LogP contribution >= 0.6 is 0 Å². The van der Waals surface area contributed by atoms with Crippen LogP contribution in [0.4, 0.5) is 0 Å². The molecule has 2 atom stereocenters. The van der Waals surface area contributed by atoms with Gasteiger partial charge in [-0.3, -0.25) is 9.59 Å². The van der Waals surface area contributed by atoms with Crippen molar-refractivity contribution in [2.75, 3.05) is 7.11 Å². The van der Waals surface area contributed by atoms with Gasteiger partial charge in [0.25, 0.3) is 12.9 Å². The van der Waals surface area contributed by atoms with Crippen LogP contribution in [-0.2, 0) is 30.4 Å². The lowest BCUT2D eigenvalue weighted by molar-refractivity contribution is -0.134. The van der Waals surface area contributed by atoms with Gasteiger partial charge in [-0.1, -0.05) is 84.9 Å². The topological polar surface area (TPSA) is 88.1 Å². The van der Waals surface area contributed by atoms with Gasteiger partial charge < -0.3 is 18.9 Å². The largest absolute Gasteiger partial charge is 0.489 e. The lowest BCUT2D eigenvalue weighted by atomic mass is 9.89. The lowest BCUT2D eigenvalue weighted by Crippen LogP contribution is -2.14. The highest BCUT2D eigenvalue weighted by molar-refractivity contribution is 5.91. The molecule has 0 fully saturated rings. The number of carbonyl (C=O) groups excluding carboxylic acids is 3. The summed E-state index contributed by atoms with van der Waals surface area (Å²) in [5.74, 6) is 0.287. The number of benzene rings is 5. The molecule has 7 nitrogen and oxygen atoms in total. The Bertz CT molecular complexity index is 1790. The molecule has 0 aromatic heterocycles. The first kappa shape index (κ1) is 31.7. The number of aryl methyl sites for hydroxylation is 2. The zero-order valence-corrected chi connectivity index (χ0v) is 25.8. The van der Waals surface area contributed by atoms with Crippen molar-refractivity contribution >= 4 is 18.9 Å². The van der Waals surface area contributed by atoms with Gasteiger partial charge in [0.2, 0.25) is 0 Å². The maximum Gasteiger partial charge on any atom is 0.337 e. The maximum atomic E-state index is 12.1. The van der Waals surface area contributed by atoms with Crippen molar-refractivity contribution in [2.24, 2.45) is 0 Å². The molecule has 0 aliphatic carbocycles. The van der Waals surface area contributed by atoms with Crippen LogP contribution < -0.4 is 4.74 Å². The zero-order valence-electron chi connectivity index (χ0n) is 25.8. The van der Waals surface area contributed by atoms with E-state index in [1.165, 1.54) is 7.11 Å². The molecule has 0 heterocycles. The van der Waals surface area contributed by atoms with Gasteiger partial charge in [0.1, 0.15) is 12.4 Å². The number of rotatable bonds is 13. The van der Waals surface area contributed by atoms with E-state index in [4.69, 9.17) is 18.9 Å². The first-order valence-corrected chi connectivity index (χ1v) is 14.8. The monoisotopic (exact) mass is 614 g/mol. The summed E-state index contributed by atoms with van der Waals surface area (Å²) in [6.07, 6.45) is -1.48. The number of methoxy groups -OCH3 is 1. The maximum absolute atomic E-state index is 12.1. The van der Waals surface area contributed by atoms with Crippen LogP contribution in [0.3, 0.4) is 0 Å². The number of hydrogen-bond donors (Lipinski definition) is 0. The molecule has 0 saturated heterocycles. The molecule has 5 aromatic carbocycles. The Morgan fingerprint density at radius 1 is 0.674 bits per heavy atom. The second kappa shape index (κ2) is 14.9. The molecule has 0 aliphatic heterocycles. The van der Waals surface area contributed by atoms with Gasteiger partial charge in [0.05, 0.1) is 12.7 Å². The van der Waals surface area contributed by atoms with Gasteiger partial charge in [-0.2, -0.15) is 0 Å². The van der Waals surface area contributed by atoms with Crippen LogP contribution in [0.2, 0.25) is 0 Å². The summed E-state index contributed by atoms with van der Waals surface area (Å²) >= 11 is 0. The van der Waals surface area contributed by atoms with Crippen LogP contribution in [0.25, 0.3) is 11.1 Å². The van der Waals surface area contributed by atoms with Gasteiger partial charge in [0.15, 0.2) is 12.2 Å². The van der Waals surface area contributed by atoms with E-state index in [2.05, 4.69) is 0 Å². The van der Waals surface area contributed by atoms with E-state index in [-0.39, 0.29) is 12.6 Å². The molecule has 46 heavy (non-hydrogen) atoms. The Labute approximate surface area is 268 Å². The van der Waals surface area contributed by atoms with Crippen molar-refractivity contribution in [3.05, 3.63) is 160 Å². The average molecular weight is 615 g/mol. The van der Waals surface area contributed by atoms with Crippen LogP contribution in [0.1, 0.15) is 61.5 Å². The number of carbonyl (C=O) groups is 3. The molecule has 0 saturated carbocycles. The minimum Gasteiger partial charge on any atom is -0.489 e. The number of esters is 1. The first-order chi connectivity index (χ1) is 22.4. The van der Waals surface area contributed by atoms with Gasteiger partial charge in [0, 0.05) is 11.1 Å². The Balaban J connectivity index is 1.49. The molecule has 5 aromatic rings. The molecular formula is C39H34O7. The van der Waals surface area contributed by atoms with Gasteiger partial charge in [-0.05, 0) is 83.1 Å². The zero-order chi connectivity index (χ0) is 32.5. The molecule has 0 spiro atoms. The summed E-state index contributed by atoms with van der Waals surface area (Å²) in [4.78, 5) is 35.5. The van der Waals surface area contributed by atoms with Crippen molar-refractivity contribution in [3.8, 4) is 16.9 Å². The Morgan fingerprint density at radius 3 is 1.83 bits per heavy atom. The predicted molar refractivity (Wildman–Crippen MR) is 174 cm³/mol. The average Bonchev–Trinajstić information content (AvgIpc) is 3.09. The molecule has 0 amide bonds. The molecule has 232 valence electrons. The Morgan fingerprint density at radius 2 is 1.26 bits per heavy atom. The van der Waals surface area contributed by atoms with Crippen LogP contribution in [0, 0.1) is 13.8 Å². The van der Waals surface area contributed by atoms with Crippen LogP contribution in [0.15, 0.2) is 115 Å². The highest BCUT2D eigenvalue weighted by Gasteiger charge is 2.26. The molecular weight excluding hydrogens is 580 g/mol. The molecule has 2 unspecified atom stereocenters. The van der Waals surface area contributed by atoms with E-state index >= 15 is 0 Å². The van der Waals surface area contributed by atoms with Crippen molar-refractivity contribution in [2.45, 2.75) is 32.7 Å². The quantitative estimate of drug-likeness (QED) is 0.0758. The van der Waals surface area contributed by atoms with E-state index < -0.39 is 12.2 Å².